The molecule has 3 heterocycles. The first-order chi connectivity index (χ1) is 14.6. The molecule has 2 aliphatic heterocycles. The second kappa shape index (κ2) is 11.7. The zero-order valence-corrected chi connectivity index (χ0v) is 18.5. The quantitative estimate of drug-likeness (QED) is 0.443. The predicted octanol–water partition coefficient (Wildman–Crippen LogP) is 4.18. The van der Waals surface area contributed by atoms with Crippen molar-refractivity contribution in [1.82, 2.24) is 10.3 Å². The maximum atomic E-state index is 11.6. The summed E-state index contributed by atoms with van der Waals surface area (Å²) < 4.78 is 5.43. The molecule has 0 radical (unpaired) electrons. The molecular weight excluding hydrogens is 378 g/mol. The Morgan fingerprint density at radius 3 is 2.80 bits per heavy atom. The van der Waals surface area contributed by atoms with Gasteiger partial charge in [-0.05, 0) is 62.0 Å². The van der Waals surface area contributed by atoms with Gasteiger partial charge in [0.05, 0.1) is 0 Å². The third-order valence-electron chi connectivity index (χ3n) is 6.65. The van der Waals surface area contributed by atoms with Gasteiger partial charge in [0.1, 0.15) is 11.9 Å². The number of anilines is 1. The van der Waals surface area contributed by atoms with Gasteiger partial charge in [0.25, 0.3) is 0 Å². The maximum absolute atomic E-state index is 11.6. The SMILES string of the molecule is CC1(CNC(CCCCCCCc2ccc3c(n2)NCCC3)C(=O)O)CCOCC1. The number of carboxylic acids is 1. The highest BCUT2D eigenvalue weighted by Gasteiger charge is 2.29. The normalized spacial score (nSPS) is 19.0. The minimum atomic E-state index is -0.724. The summed E-state index contributed by atoms with van der Waals surface area (Å²) in [6, 6.07) is 3.97. The lowest BCUT2D eigenvalue weighted by atomic mass is 9.82. The molecule has 1 unspecified atom stereocenters. The van der Waals surface area contributed by atoms with E-state index in [0.29, 0.717) is 6.42 Å². The van der Waals surface area contributed by atoms with E-state index in [1.165, 1.54) is 24.1 Å². The molecule has 168 valence electrons. The fourth-order valence-corrected chi connectivity index (χ4v) is 4.42. The minimum absolute atomic E-state index is 0.159. The van der Waals surface area contributed by atoms with Crippen molar-refractivity contribution in [3.05, 3.63) is 23.4 Å². The number of hydrogen-bond donors (Lipinski definition) is 3. The lowest BCUT2D eigenvalue weighted by Crippen LogP contribution is -2.44. The van der Waals surface area contributed by atoms with E-state index in [0.717, 1.165) is 83.5 Å². The molecule has 1 aromatic heterocycles. The Hall–Kier alpha value is -1.66. The summed E-state index contributed by atoms with van der Waals surface area (Å²) in [4.78, 5) is 16.4. The van der Waals surface area contributed by atoms with E-state index in [1.807, 2.05) is 0 Å². The number of aryl methyl sites for hydroxylation is 2. The first-order valence-corrected chi connectivity index (χ1v) is 11.8. The fourth-order valence-electron chi connectivity index (χ4n) is 4.42. The highest BCUT2D eigenvalue weighted by Crippen LogP contribution is 2.29. The number of aliphatic carboxylic acids is 1. The number of unbranched alkanes of at least 4 members (excludes halogenated alkanes) is 4. The van der Waals surface area contributed by atoms with Gasteiger partial charge in [-0.25, -0.2) is 4.98 Å². The van der Waals surface area contributed by atoms with E-state index >= 15 is 0 Å². The average molecular weight is 418 g/mol. The van der Waals surface area contributed by atoms with E-state index in [2.05, 4.69) is 29.7 Å². The van der Waals surface area contributed by atoms with Crippen molar-refractivity contribution in [2.45, 2.75) is 83.6 Å². The van der Waals surface area contributed by atoms with E-state index in [4.69, 9.17) is 9.72 Å². The molecule has 0 amide bonds. The summed E-state index contributed by atoms with van der Waals surface area (Å²) in [5, 5.41) is 16.3. The van der Waals surface area contributed by atoms with E-state index < -0.39 is 12.0 Å². The number of hydrogen-bond acceptors (Lipinski definition) is 5. The number of pyridine rings is 1. The Kier molecular flexibility index (Phi) is 8.94. The number of nitrogens with one attached hydrogen (secondary N) is 2. The molecule has 0 bridgehead atoms. The summed E-state index contributed by atoms with van der Waals surface area (Å²) in [6.45, 7) is 5.59. The van der Waals surface area contributed by atoms with Gasteiger partial charge in [-0.15, -0.1) is 0 Å². The van der Waals surface area contributed by atoms with Crippen LogP contribution in [0.2, 0.25) is 0 Å². The molecule has 0 aromatic carbocycles. The number of nitrogens with zero attached hydrogens (tertiary/aromatic N) is 1. The molecule has 1 atom stereocenters. The Morgan fingerprint density at radius 1 is 1.23 bits per heavy atom. The number of ether oxygens (including phenoxy) is 1. The van der Waals surface area contributed by atoms with Crippen LogP contribution in [0.3, 0.4) is 0 Å². The van der Waals surface area contributed by atoms with E-state index in [-0.39, 0.29) is 5.41 Å². The van der Waals surface area contributed by atoms with E-state index in [9.17, 15) is 9.90 Å². The van der Waals surface area contributed by atoms with Crippen molar-refractivity contribution in [1.29, 1.82) is 0 Å². The maximum Gasteiger partial charge on any atom is 0.320 e. The predicted molar refractivity (Wildman–Crippen MR) is 120 cm³/mol. The molecule has 0 saturated carbocycles. The third kappa shape index (κ3) is 7.24. The molecule has 1 aromatic rings. The molecule has 30 heavy (non-hydrogen) atoms. The molecule has 6 nitrogen and oxygen atoms in total. The fraction of sp³-hybridized carbons (Fsp3) is 0.750. The van der Waals surface area contributed by atoms with Crippen LogP contribution in [-0.4, -0.2) is 48.4 Å². The minimum Gasteiger partial charge on any atom is -0.480 e. The van der Waals surface area contributed by atoms with Crippen molar-refractivity contribution >= 4 is 11.8 Å². The van der Waals surface area contributed by atoms with Crippen LogP contribution in [0.5, 0.6) is 0 Å². The van der Waals surface area contributed by atoms with Crippen molar-refractivity contribution in [2.24, 2.45) is 5.41 Å². The van der Waals surface area contributed by atoms with Crippen LogP contribution >= 0.6 is 0 Å². The molecular formula is C24H39N3O3. The van der Waals surface area contributed by atoms with Gasteiger partial charge in [0.2, 0.25) is 0 Å². The highest BCUT2D eigenvalue weighted by molar-refractivity contribution is 5.73. The molecule has 2 aliphatic rings. The van der Waals surface area contributed by atoms with Crippen molar-refractivity contribution in [3.63, 3.8) is 0 Å². The van der Waals surface area contributed by atoms with Crippen LogP contribution in [-0.2, 0) is 22.4 Å². The second-order valence-corrected chi connectivity index (χ2v) is 9.34. The van der Waals surface area contributed by atoms with Crippen molar-refractivity contribution < 1.29 is 14.6 Å². The summed E-state index contributed by atoms with van der Waals surface area (Å²) in [5.41, 5.74) is 2.68. The summed E-state index contributed by atoms with van der Waals surface area (Å²) in [5.74, 6) is 0.360. The van der Waals surface area contributed by atoms with Gasteiger partial charge < -0.3 is 20.5 Å². The van der Waals surface area contributed by atoms with Crippen LogP contribution in [0.15, 0.2) is 12.1 Å². The summed E-state index contributed by atoms with van der Waals surface area (Å²) in [7, 11) is 0. The Balaban J connectivity index is 1.27. The molecule has 1 fully saturated rings. The molecule has 3 N–H and O–H groups in total. The van der Waals surface area contributed by atoms with Crippen LogP contribution < -0.4 is 10.6 Å². The van der Waals surface area contributed by atoms with Gasteiger partial charge in [0, 0.05) is 32.0 Å². The van der Waals surface area contributed by atoms with Gasteiger partial charge in [-0.2, -0.15) is 0 Å². The molecule has 0 spiro atoms. The van der Waals surface area contributed by atoms with Crippen LogP contribution in [0.4, 0.5) is 5.82 Å². The second-order valence-electron chi connectivity index (χ2n) is 9.34. The standard InChI is InChI=1S/C24H39N3O3/c1-24(13-16-30-17-14-24)18-26-21(23(28)29)10-6-4-2-3-5-9-20-12-11-19-8-7-15-25-22(19)27-20/h11-12,21,26H,2-10,13-18H2,1H3,(H,25,27)(H,28,29). The van der Waals surface area contributed by atoms with Gasteiger partial charge in [-0.3, -0.25) is 4.79 Å². The lowest BCUT2D eigenvalue weighted by Gasteiger charge is -2.34. The Labute approximate surface area is 181 Å². The Morgan fingerprint density at radius 2 is 2.00 bits per heavy atom. The number of carbonyl (C=O) groups is 1. The first-order valence-electron chi connectivity index (χ1n) is 11.8. The van der Waals surface area contributed by atoms with Gasteiger partial charge in [0.15, 0.2) is 0 Å². The van der Waals surface area contributed by atoms with Crippen molar-refractivity contribution in [3.8, 4) is 0 Å². The number of rotatable bonds is 12. The topological polar surface area (TPSA) is 83.5 Å². The summed E-state index contributed by atoms with van der Waals surface area (Å²) >= 11 is 0. The number of fused-ring (bicyclic) bond motifs is 1. The van der Waals surface area contributed by atoms with Gasteiger partial charge in [-0.1, -0.05) is 38.7 Å². The number of carboxylic acid groups (broad SMARTS) is 1. The highest BCUT2D eigenvalue weighted by atomic mass is 16.5. The van der Waals surface area contributed by atoms with Crippen LogP contribution in [0, 0.1) is 5.41 Å². The Bertz CT molecular complexity index is 674. The molecule has 1 saturated heterocycles. The van der Waals surface area contributed by atoms with Crippen LogP contribution in [0.1, 0.15) is 76.0 Å². The third-order valence-corrected chi connectivity index (χ3v) is 6.65. The van der Waals surface area contributed by atoms with Gasteiger partial charge >= 0.3 is 5.97 Å². The van der Waals surface area contributed by atoms with E-state index in [1.54, 1.807) is 0 Å². The smallest absolute Gasteiger partial charge is 0.320 e. The monoisotopic (exact) mass is 417 g/mol. The largest absolute Gasteiger partial charge is 0.480 e. The molecule has 6 heteroatoms. The zero-order valence-electron chi connectivity index (χ0n) is 18.5. The van der Waals surface area contributed by atoms with Crippen molar-refractivity contribution in [2.75, 3.05) is 31.6 Å². The summed E-state index contributed by atoms with van der Waals surface area (Å²) in [6.07, 6.45) is 11.6. The zero-order chi connectivity index (χ0) is 21.2. The lowest BCUT2D eigenvalue weighted by molar-refractivity contribution is -0.139. The molecule has 3 rings (SSSR count). The number of aromatic nitrogens is 1. The first kappa shape index (κ1) is 23.0. The average Bonchev–Trinajstić information content (AvgIpc) is 2.75. The molecule has 0 aliphatic carbocycles. The van der Waals surface area contributed by atoms with Crippen LogP contribution in [0.25, 0.3) is 0 Å².